The highest BCUT2D eigenvalue weighted by atomic mass is 16.5. The minimum Gasteiger partial charge on any atom is -0.500 e. The number of allylic oxidation sites excluding steroid dienone is 3. The van der Waals surface area contributed by atoms with E-state index in [1.807, 2.05) is 6.26 Å². The van der Waals surface area contributed by atoms with Gasteiger partial charge in [-0.05, 0) is 38.2 Å². The molecule has 1 fully saturated rings. The van der Waals surface area contributed by atoms with E-state index >= 15 is 0 Å². The number of primary amides is 1. The summed E-state index contributed by atoms with van der Waals surface area (Å²) < 4.78 is 5.54. The molecule has 25 heavy (non-hydrogen) atoms. The van der Waals surface area contributed by atoms with Crippen molar-refractivity contribution in [1.29, 1.82) is 0 Å². The van der Waals surface area contributed by atoms with E-state index < -0.39 is 0 Å². The van der Waals surface area contributed by atoms with Crippen LogP contribution in [-0.4, -0.2) is 31.3 Å². The minimum atomic E-state index is -0.158. The van der Waals surface area contributed by atoms with E-state index in [0.29, 0.717) is 12.0 Å². The number of rotatable bonds is 5. The van der Waals surface area contributed by atoms with Crippen molar-refractivity contribution in [3.8, 4) is 0 Å². The Labute approximate surface area is 152 Å². The number of nitrogens with two attached hydrogens (primary N) is 1. The Kier molecular flexibility index (Phi) is 5.92. The summed E-state index contributed by atoms with van der Waals surface area (Å²) in [7, 11) is 2.22. The lowest BCUT2D eigenvalue weighted by Crippen LogP contribution is -2.40. The molecule has 0 aromatic carbocycles. The van der Waals surface area contributed by atoms with Crippen LogP contribution >= 0.6 is 0 Å². The second-order valence-electron chi connectivity index (χ2n) is 7.88. The lowest BCUT2D eigenvalue weighted by molar-refractivity contribution is -0.122. The van der Waals surface area contributed by atoms with Gasteiger partial charge in [-0.3, -0.25) is 4.79 Å². The highest BCUT2D eigenvalue weighted by Gasteiger charge is 2.32. The van der Waals surface area contributed by atoms with Gasteiger partial charge in [0.25, 0.3) is 0 Å². The summed E-state index contributed by atoms with van der Waals surface area (Å²) in [5.41, 5.74) is 9.68. The van der Waals surface area contributed by atoms with Crippen LogP contribution in [0.4, 0.5) is 0 Å². The quantitative estimate of drug-likeness (QED) is 0.782. The molecule has 0 radical (unpaired) electrons. The molecule has 1 saturated carbocycles. The Bertz CT molecular complexity index is 587. The van der Waals surface area contributed by atoms with Gasteiger partial charge in [-0.15, -0.1) is 0 Å². The molecule has 1 heterocycles. The molecule has 3 aliphatic rings. The van der Waals surface area contributed by atoms with Crippen molar-refractivity contribution in [2.75, 3.05) is 6.61 Å². The van der Waals surface area contributed by atoms with E-state index in [2.05, 4.69) is 31.8 Å². The standard InChI is InChI=1S/C20H31BN2O2/c1-14(21)19(16-11-12-25-13-16)23(17-5-3-2-4-6-17)18-9-7-15(8-10-18)20(22)24/h9,11-12,15-17H,2-8,10,13,21H2,1H3,(H2,22,24)/b19-14-. The van der Waals surface area contributed by atoms with E-state index in [1.165, 1.54) is 49.0 Å². The lowest BCUT2D eigenvalue weighted by Gasteiger charge is -2.43. The third-order valence-corrected chi connectivity index (χ3v) is 5.84. The zero-order valence-corrected chi connectivity index (χ0v) is 15.7. The van der Waals surface area contributed by atoms with E-state index in [-0.39, 0.29) is 11.8 Å². The number of carbonyl (C=O) groups excluding carboxylic acids is 1. The van der Waals surface area contributed by atoms with Crippen LogP contribution < -0.4 is 5.73 Å². The molecule has 2 unspecified atom stereocenters. The van der Waals surface area contributed by atoms with E-state index in [1.54, 1.807) is 0 Å². The summed E-state index contributed by atoms with van der Waals surface area (Å²) in [6.45, 7) is 2.95. The molecular weight excluding hydrogens is 311 g/mol. The Morgan fingerprint density at radius 2 is 2.04 bits per heavy atom. The Morgan fingerprint density at radius 1 is 1.28 bits per heavy atom. The smallest absolute Gasteiger partial charge is 0.220 e. The largest absolute Gasteiger partial charge is 0.500 e. The van der Waals surface area contributed by atoms with Gasteiger partial charge < -0.3 is 15.4 Å². The van der Waals surface area contributed by atoms with Gasteiger partial charge in [0.2, 0.25) is 5.91 Å². The third-order valence-electron chi connectivity index (χ3n) is 5.84. The average molecular weight is 342 g/mol. The van der Waals surface area contributed by atoms with Crippen molar-refractivity contribution in [3.05, 3.63) is 35.3 Å². The Hall–Kier alpha value is -1.65. The van der Waals surface area contributed by atoms with Crippen LogP contribution in [0.2, 0.25) is 0 Å². The number of nitrogens with zero attached hydrogens (tertiary/aromatic N) is 1. The molecule has 1 aliphatic heterocycles. The van der Waals surface area contributed by atoms with Gasteiger partial charge in [0.05, 0.1) is 18.8 Å². The molecule has 0 bridgehead atoms. The predicted octanol–water partition coefficient (Wildman–Crippen LogP) is 2.82. The summed E-state index contributed by atoms with van der Waals surface area (Å²) in [5, 5.41) is 0. The monoisotopic (exact) mass is 342 g/mol. The molecule has 0 aromatic heterocycles. The minimum absolute atomic E-state index is 0.00168. The van der Waals surface area contributed by atoms with Crippen molar-refractivity contribution in [1.82, 2.24) is 4.90 Å². The van der Waals surface area contributed by atoms with Gasteiger partial charge in [-0.1, -0.05) is 37.7 Å². The van der Waals surface area contributed by atoms with Crippen LogP contribution in [0.5, 0.6) is 0 Å². The topological polar surface area (TPSA) is 55.6 Å². The molecule has 4 nitrogen and oxygen atoms in total. The van der Waals surface area contributed by atoms with Gasteiger partial charge in [0.1, 0.15) is 7.85 Å². The SMILES string of the molecule is B/C(C)=C(/C1C=COC1)N(C1=CCC(C(N)=O)CC1)C1CCCCC1. The Balaban J connectivity index is 1.91. The summed E-state index contributed by atoms with van der Waals surface area (Å²) >= 11 is 0. The van der Waals surface area contributed by atoms with Crippen molar-refractivity contribution < 1.29 is 9.53 Å². The maximum Gasteiger partial charge on any atom is 0.220 e. The molecule has 136 valence electrons. The van der Waals surface area contributed by atoms with Crippen LogP contribution in [0.15, 0.2) is 35.3 Å². The van der Waals surface area contributed by atoms with Crippen molar-refractivity contribution in [2.45, 2.75) is 64.3 Å². The first kappa shape index (κ1) is 18.2. The van der Waals surface area contributed by atoms with E-state index in [9.17, 15) is 4.79 Å². The van der Waals surface area contributed by atoms with E-state index in [0.717, 1.165) is 25.9 Å². The maximum absolute atomic E-state index is 11.5. The fourth-order valence-electron chi connectivity index (χ4n) is 4.55. The molecular formula is C20H31BN2O2. The van der Waals surface area contributed by atoms with Crippen LogP contribution in [0, 0.1) is 11.8 Å². The maximum atomic E-state index is 11.5. The number of hydrogen-bond acceptors (Lipinski definition) is 3. The second-order valence-corrected chi connectivity index (χ2v) is 7.88. The van der Waals surface area contributed by atoms with Gasteiger partial charge >= 0.3 is 0 Å². The van der Waals surface area contributed by atoms with Gasteiger partial charge in [-0.25, -0.2) is 0 Å². The third kappa shape index (κ3) is 4.13. The van der Waals surface area contributed by atoms with E-state index in [4.69, 9.17) is 10.5 Å². The predicted molar refractivity (Wildman–Crippen MR) is 103 cm³/mol. The molecule has 3 rings (SSSR count). The highest BCUT2D eigenvalue weighted by molar-refractivity contribution is 6.21. The first-order valence-electron chi connectivity index (χ1n) is 9.81. The molecule has 0 aromatic rings. The normalized spacial score (nSPS) is 28.1. The van der Waals surface area contributed by atoms with Crippen molar-refractivity contribution in [3.63, 3.8) is 0 Å². The number of ether oxygens (including phenoxy) is 1. The van der Waals surface area contributed by atoms with Crippen LogP contribution in [-0.2, 0) is 9.53 Å². The summed E-state index contributed by atoms with van der Waals surface area (Å²) in [6.07, 6.45) is 15.4. The molecule has 1 amide bonds. The average Bonchev–Trinajstić information content (AvgIpc) is 3.14. The van der Waals surface area contributed by atoms with Gasteiger partial charge in [0, 0.05) is 23.4 Å². The molecule has 5 heteroatoms. The first-order chi connectivity index (χ1) is 12.1. The molecule has 2 N–H and O–H groups in total. The molecule has 2 aliphatic carbocycles. The first-order valence-corrected chi connectivity index (χ1v) is 9.81. The van der Waals surface area contributed by atoms with Crippen LogP contribution in [0.1, 0.15) is 58.3 Å². The fourth-order valence-corrected chi connectivity index (χ4v) is 4.55. The molecule has 2 atom stereocenters. The second kappa shape index (κ2) is 8.16. The van der Waals surface area contributed by atoms with Crippen LogP contribution in [0.25, 0.3) is 0 Å². The Morgan fingerprint density at radius 3 is 2.56 bits per heavy atom. The summed E-state index contributed by atoms with van der Waals surface area (Å²) in [6, 6.07) is 0.573. The molecule has 0 spiro atoms. The number of amides is 1. The zero-order chi connectivity index (χ0) is 17.8. The van der Waals surface area contributed by atoms with Gasteiger partial charge in [-0.2, -0.15) is 0 Å². The van der Waals surface area contributed by atoms with Crippen molar-refractivity contribution >= 4 is 13.8 Å². The summed E-state index contributed by atoms with van der Waals surface area (Å²) in [5.74, 6) is 0.178. The van der Waals surface area contributed by atoms with Crippen LogP contribution in [0.3, 0.4) is 0 Å². The fraction of sp³-hybridized carbons (Fsp3) is 0.650. The van der Waals surface area contributed by atoms with Crippen molar-refractivity contribution in [2.24, 2.45) is 17.6 Å². The van der Waals surface area contributed by atoms with Gasteiger partial charge in [0.15, 0.2) is 0 Å². The lowest BCUT2D eigenvalue weighted by atomic mass is 9.84. The highest BCUT2D eigenvalue weighted by Crippen LogP contribution is 2.38. The number of hydrogen-bond donors (Lipinski definition) is 1. The zero-order valence-electron chi connectivity index (χ0n) is 15.7. The number of carbonyl (C=O) groups is 1. The molecule has 0 saturated heterocycles. The summed E-state index contributed by atoms with van der Waals surface area (Å²) in [4.78, 5) is 14.1.